The summed E-state index contributed by atoms with van der Waals surface area (Å²) in [6, 6.07) is 5.84. The number of rotatable bonds is 4. The second-order valence-corrected chi connectivity index (χ2v) is 3.97. The van der Waals surface area contributed by atoms with E-state index in [0.29, 0.717) is 6.29 Å². The number of benzene rings is 1. The smallest absolute Gasteiger partial charge is 0.333 e. The predicted octanol–water partition coefficient (Wildman–Crippen LogP) is 0.158. The van der Waals surface area contributed by atoms with E-state index in [1.807, 2.05) is 0 Å². The van der Waals surface area contributed by atoms with Gasteiger partial charge in [0, 0.05) is 0 Å². The first-order chi connectivity index (χ1) is 6.59. The van der Waals surface area contributed by atoms with Crippen LogP contribution in [-0.2, 0) is 10.1 Å². The Morgan fingerprint density at radius 1 is 1.36 bits per heavy atom. The Hall–Kier alpha value is -1.40. The summed E-state index contributed by atoms with van der Waals surface area (Å²) in [4.78, 5) is 10.5. The molecular formula is C8H8O5S. The molecule has 0 fully saturated rings. The van der Waals surface area contributed by atoms with Crippen LogP contribution in [0.25, 0.3) is 0 Å². The second-order valence-electron chi connectivity index (χ2n) is 2.43. The molecular weight excluding hydrogens is 208 g/mol. The molecule has 0 bridgehead atoms. The highest BCUT2D eigenvalue weighted by Gasteiger charge is 2.12. The third-order valence-electron chi connectivity index (χ3n) is 1.42. The molecule has 0 radical (unpaired) electrons. The van der Waals surface area contributed by atoms with Gasteiger partial charge in [-0.05, 0) is 12.1 Å². The van der Waals surface area contributed by atoms with Crippen LogP contribution in [0.1, 0.15) is 10.4 Å². The van der Waals surface area contributed by atoms with Gasteiger partial charge in [0.25, 0.3) is 0 Å². The van der Waals surface area contributed by atoms with Crippen molar-refractivity contribution in [1.29, 1.82) is 0 Å². The van der Waals surface area contributed by atoms with E-state index in [2.05, 4.69) is 4.18 Å². The summed E-state index contributed by atoms with van der Waals surface area (Å²) in [7, 11) is -4.01. The van der Waals surface area contributed by atoms with Crippen molar-refractivity contribution >= 4 is 16.4 Å². The zero-order valence-electron chi connectivity index (χ0n) is 7.08. The fourth-order valence-electron chi connectivity index (χ4n) is 0.817. The molecule has 1 aromatic carbocycles. The Morgan fingerprint density at radius 3 is 2.57 bits per heavy atom. The lowest BCUT2D eigenvalue weighted by Gasteiger charge is -2.05. The predicted molar refractivity (Wildman–Crippen MR) is 48.5 cm³/mol. The summed E-state index contributed by atoms with van der Waals surface area (Å²) in [6.45, 7) is 0. The van der Waals surface area contributed by atoms with E-state index in [1.54, 1.807) is 6.07 Å². The number of hydrogen-bond acceptors (Lipinski definition) is 5. The van der Waals surface area contributed by atoms with E-state index < -0.39 is 16.1 Å². The Kier molecular flexibility index (Phi) is 3.21. The molecule has 1 aromatic rings. The lowest BCUT2D eigenvalue weighted by molar-refractivity contribution is 0.112. The molecule has 1 N–H and O–H groups in total. The largest absolute Gasteiger partial charge is 0.380 e. The average Bonchev–Trinajstić information content (AvgIpc) is 2.18. The highest BCUT2D eigenvalue weighted by Crippen LogP contribution is 2.17. The summed E-state index contributed by atoms with van der Waals surface area (Å²) in [5.74, 6) is -1.21. The molecule has 5 nitrogen and oxygen atoms in total. The van der Waals surface area contributed by atoms with Gasteiger partial charge in [0.2, 0.25) is 0 Å². The van der Waals surface area contributed by atoms with Crippen molar-refractivity contribution in [3.63, 3.8) is 0 Å². The van der Waals surface area contributed by atoms with Gasteiger partial charge < -0.3 is 9.29 Å². The normalized spacial score (nSPS) is 10.9. The van der Waals surface area contributed by atoms with Gasteiger partial charge in [-0.15, -0.1) is 0 Å². The second kappa shape index (κ2) is 4.21. The average molecular weight is 216 g/mol. The van der Waals surface area contributed by atoms with Crippen LogP contribution in [0.4, 0.5) is 0 Å². The molecule has 14 heavy (non-hydrogen) atoms. The summed E-state index contributed by atoms with van der Waals surface area (Å²) in [5, 5.41) is 8.42. The standard InChI is InChI=1S/C8H8O5S/c9-5-7-3-1-2-4-8(7)13-14(11,12)6-10/h1-5,10H,6H2. The number of aliphatic hydroxyl groups is 1. The van der Waals surface area contributed by atoms with Crippen LogP contribution in [0.3, 0.4) is 0 Å². The fourth-order valence-corrected chi connectivity index (χ4v) is 1.29. The van der Waals surface area contributed by atoms with Gasteiger partial charge in [-0.3, -0.25) is 4.79 Å². The summed E-state index contributed by atoms with van der Waals surface area (Å²) in [5.41, 5.74) is 0.115. The van der Waals surface area contributed by atoms with Crippen molar-refractivity contribution in [3.8, 4) is 5.75 Å². The van der Waals surface area contributed by atoms with Crippen LogP contribution in [-0.4, -0.2) is 25.7 Å². The Labute approximate surface area is 81.1 Å². The third-order valence-corrected chi connectivity index (χ3v) is 2.17. The summed E-state index contributed by atoms with van der Waals surface area (Å²) < 4.78 is 26.2. The molecule has 0 amide bonds. The first-order valence-electron chi connectivity index (χ1n) is 3.66. The number of carbonyl (C=O) groups excluding carboxylic acids is 1. The van der Waals surface area contributed by atoms with Crippen molar-refractivity contribution in [3.05, 3.63) is 29.8 Å². The van der Waals surface area contributed by atoms with Gasteiger partial charge in [-0.25, -0.2) is 0 Å². The molecule has 0 unspecified atom stereocenters. The lowest BCUT2D eigenvalue weighted by Crippen LogP contribution is -2.13. The van der Waals surface area contributed by atoms with E-state index in [-0.39, 0.29) is 11.3 Å². The zero-order chi connectivity index (χ0) is 10.6. The lowest BCUT2D eigenvalue weighted by atomic mass is 10.2. The van der Waals surface area contributed by atoms with Crippen LogP contribution in [0.5, 0.6) is 5.75 Å². The van der Waals surface area contributed by atoms with Crippen LogP contribution >= 0.6 is 0 Å². The van der Waals surface area contributed by atoms with Crippen LogP contribution < -0.4 is 4.18 Å². The highest BCUT2D eigenvalue weighted by atomic mass is 32.2. The van der Waals surface area contributed by atoms with Gasteiger partial charge in [0.1, 0.15) is 0 Å². The SMILES string of the molecule is O=Cc1ccccc1OS(=O)(=O)CO. The van der Waals surface area contributed by atoms with Gasteiger partial charge in [0.05, 0.1) is 5.56 Å². The number of aldehydes is 1. The molecule has 0 spiro atoms. The van der Waals surface area contributed by atoms with Crippen molar-refractivity contribution < 1.29 is 22.5 Å². The zero-order valence-corrected chi connectivity index (χ0v) is 7.90. The van der Waals surface area contributed by atoms with Crippen molar-refractivity contribution in [1.82, 2.24) is 0 Å². The monoisotopic (exact) mass is 216 g/mol. The number of aliphatic hydroxyl groups excluding tert-OH is 1. The number of hydrogen-bond donors (Lipinski definition) is 1. The fraction of sp³-hybridized carbons (Fsp3) is 0.125. The summed E-state index contributed by atoms with van der Waals surface area (Å²) in [6.07, 6.45) is 0.474. The topological polar surface area (TPSA) is 80.7 Å². The Bertz CT molecular complexity index is 423. The van der Waals surface area contributed by atoms with E-state index in [1.165, 1.54) is 18.2 Å². The molecule has 6 heteroatoms. The summed E-state index contributed by atoms with van der Waals surface area (Å²) >= 11 is 0. The van der Waals surface area contributed by atoms with Crippen LogP contribution in [0.15, 0.2) is 24.3 Å². The van der Waals surface area contributed by atoms with E-state index in [4.69, 9.17) is 5.11 Å². The minimum Gasteiger partial charge on any atom is -0.380 e. The molecule has 0 aromatic heterocycles. The van der Waals surface area contributed by atoms with Crippen molar-refractivity contribution in [2.24, 2.45) is 0 Å². The molecule has 0 aliphatic carbocycles. The first kappa shape index (κ1) is 10.7. The van der Waals surface area contributed by atoms with Gasteiger partial charge in [0.15, 0.2) is 18.0 Å². The van der Waals surface area contributed by atoms with Crippen molar-refractivity contribution in [2.45, 2.75) is 0 Å². The minimum absolute atomic E-state index is 0.0865. The highest BCUT2D eigenvalue weighted by molar-refractivity contribution is 7.86. The van der Waals surface area contributed by atoms with E-state index in [0.717, 1.165) is 0 Å². The molecule has 0 aliphatic rings. The van der Waals surface area contributed by atoms with Crippen LogP contribution in [0, 0.1) is 0 Å². The molecule has 0 atom stereocenters. The van der Waals surface area contributed by atoms with Crippen molar-refractivity contribution in [2.75, 3.05) is 5.94 Å². The Morgan fingerprint density at radius 2 is 2.00 bits per heavy atom. The minimum atomic E-state index is -4.01. The van der Waals surface area contributed by atoms with Crippen LogP contribution in [0.2, 0.25) is 0 Å². The maximum Gasteiger partial charge on any atom is 0.333 e. The first-order valence-corrected chi connectivity index (χ1v) is 5.24. The number of para-hydroxylation sites is 1. The van der Waals surface area contributed by atoms with Gasteiger partial charge in [-0.2, -0.15) is 8.42 Å². The molecule has 1 rings (SSSR count). The quantitative estimate of drug-likeness (QED) is 0.572. The molecule has 0 aliphatic heterocycles. The Balaban J connectivity index is 3.03. The molecule has 0 saturated carbocycles. The van der Waals surface area contributed by atoms with Gasteiger partial charge in [-0.1, -0.05) is 12.1 Å². The van der Waals surface area contributed by atoms with E-state index in [9.17, 15) is 13.2 Å². The van der Waals surface area contributed by atoms with E-state index >= 15 is 0 Å². The third kappa shape index (κ3) is 2.54. The maximum absolute atomic E-state index is 10.8. The molecule has 76 valence electrons. The molecule has 0 saturated heterocycles. The maximum atomic E-state index is 10.8. The van der Waals surface area contributed by atoms with Gasteiger partial charge >= 0.3 is 10.1 Å². The number of carbonyl (C=O) groups is 1. The molecule has 0 heterocycles.